The molecule has 6 N–H and O–H groups in total. The molecule has 16 heteroatoms. The molecule has 0 radical (unpaired) electrons. The van der Waals surface area contributed by atoms with Gasteiger partial charge in [0.25, 0.3) is 5.56 Å². The van der Waals surface area contributed by atoms with E-state index in [0.717, 1.165) is 0 Å². The SMILES string of the molecule is CCCC(=O)Nc1nc2c(nc(Br)n2[C@@H]2O[C@H](COP(=O)(O)O)[C@@H](O)[C@H]2O)c(=O)[nH]1. The summed E-state index contributed by atoms with van der Waals surface area (Å²) in [5, 5.41) is 23.0. The maximum Gasteiger partial charge on any atom is 0.469 e. The van der Waals surface area contributed by atoms with Gasteiger partial charge in [0, 0.05) is 6.42 Å². The van der Waals surface area contributed by atoms with E-state index in [2.05, 4.69) is 40.7 Å². The van der Waals surface area contributed by atoms with Crippen LogP contribution in [-0.2, 0) is 18.6 Å². The van der Waals surface area contributed by atoms with Crippen LogP contribution in [0, 0.1) is 0 Å². The number of hydrogen-bond donors (Lipinski definition) is 6. The van der Waals surface area contributed by atoms with Gasteiger partial charge in [-0.2, -0.15) is 4.98 Å². The number of phosphoric ester groups is 1. The van der Waals surface area contributed by atoms with Crippen molar-refractivity contribution in [3.63, 3.8) is 0 Å². The van der Waals surface area contributed by atoms with Gasteiger partial charge in [-0.25, -0.2) is 9.55 Å². The standard InChI is InChI=1S/C14H19BrN5O9P/c1-2-3-6(21)16-14-18-10-7(11(24)19-14)17-13(15)20(10)12-9(23)8(22)5(29-12)4-28-30(25,26)27/h5,8-9,12,22-23H,2-4H2,1H3,(H2,25,26,27)(H2,16,18,19,21,24)/t5-,8-,9-,12-/m1/s1. The number of nitrogens with zero attached hydrogens (tertiary/aromatic N) is 3. The number of amides is 1. The zero-order chi connectivity index (χ0) is 22.2. The number of anilines is 1. The van der Waals surface area contributed by atoms with E-state index >= 15 is 0 Å². The number of imidazole rings is 1. The first-order valence-corrected chi connectivity index (χ1v) is 11.0. The van der Waals surface area contributed by atoms with Crippen molar-refractivity contribution in [2.75, 3.05) is 11.9 Å². The molecule has 1 aliphatic rings. The first-order valence-electron chi connectivity index (χ1n) is 8.71. The molecule has 1 amide bonds. The van der Waals surface area contributed by atoms with Crippen LogP contribution in [0.25, 0.3) is 11.2 Å². The van der Waals surface area contributed by atoms with Gasteiger partial charge < -0.3 is 24.7 Å². The molecule has 1 fully saturated rings. The predicted molar refractivity (Wildman–Crippen MR) is 103 cm³/mol. The number of nitrogens with one attached hydrogen (secondary N) is 2. The Morgan fingerprint density at radius 1 is 1.37 bits per heavy atom. The maximum atomic E-state index is 12.3. The number of aliphatic hydroxyl groups excluding tert-OH is 2. The van der Waals surface area contributed by atoms with E-state index in [1.54, 1.807) is 0 Å². The Hall–Kier alpha value is -1.71. The number of fused-ring (bicyclic) bond motifs is 1. The Bertz CT molecular complexity index is 1050. The second-order valence-corrected chi connectivity index (χ2v) is 8.42. The monoisotopic (exact) mass is 511 g/mol. The normalized spacial score (nSPS) is 24.5. The lowest BCUT2D eigenvalue weighted by atomic mass is 10.1. The van der Waals surface area contributed by atoms with Gasteiger partial charge in [-0.15, -0.1) is 0 Å². The molecule has 1 aliphatic heterocycles. The number of carbonyl (C=O) groups is 1. The van der Waals surface area contributed by atoms with Crippen LogP contribution in [0.3, 0.4) is 0 Å². The second-order valence-electron chi connectivity index (χ2n) is 6.47. The van der Waals surface area contributed by atoms with Crippen molar-refractivity contribution in [1.82, 2.24) is 19.5 Å². The molecule has 0 saturated carbocycles. The van der Waals surface area contributed by atoms with E-state index in [-0.39, 0.29) is 34.2 Å². The predicted octanol–water partition coefficient (Wildman–Crippen LogP) is -0.651. The molecule has 0 aromatic carbocycles. The van der Waals surface area contributed by atoms with Crippen LogP contribution in [0.1, 0.15) is 26.0 Å². The van der Waals surface area contributed by atoms with Gasteiger partial charge in [0.15, 0.2) is 22.1 Å². The summed E-state index contributed by atoms with van der Waals surface area (Å²) in [5.41, 5.74) is -0.860. The van der Waals surface area contributed by atoms with Gasteiger partial charge in [0.2, 0.25) is 11.9 Å². The van der Waals surface area contributed by atoms with Crippen molar-refractivity contribution in [1.29, 1.82) is 0 Å². The number of aliphatic hydroxyl groups is 2. The van der Waals surface area contributed by atoms with E-state index in [0.29, 0.717) is 6.42 Å². The van der Waals surface area contributed by atoms with E-state index in [1.165, 1.54) is 4.57 Å². The number of H-pyrrole nitrogens is 1. The van der Waals surface area contributed by atoms with Gasteiger partial charge in [-0.1, -0.05) is 6.92 Å². The molecule has 0 unspecified atom stereocenters. The molecule has 30 heavy (non-hydrogen) atoms. The van der Waals surface area contributed by atoms with Gasteiger partial charge in [-0.3, -0.25) is 29.0 Å². The summed E-state index contributed by atoms with van der Waals surface area (Å²) in [6.07, 6.45) is -4.94. The van der Waals surface area contributed by atoms with Crippen LogP contribution < -0.4 is 10.9 Å². The number of aromatic nitrogens is 4. The number of phosphoric acid groups is 1. The average Bonchev–Trinajstić information content (AvgIpc) is 3.10. The zero-order valence-corrected chi connectivity index (χ0v) is 17.9. The Kier molecular flexibility index (Phi) is 6.74. The third-order valence-electron chi connectivity index (χ3n) is 4.24. The van der Waals surface area contributed by atoms with Crippen LogP contribution in [0.4, 0.5) is 5.95 Å². The Morgan fingerprint density at radius 3 is 2.70 bits per heavy atom. The van der Waals surface area contributed by atoms with E-state index in [9.17, 15) is 24.4 Å². The van der Waals surface area contributed by atoms with Crippen LogP contribution in [0.15, 0.2) is 9.53 Å². The van der Waals surface area contributed by atoms with Crippen molar-refractivity contribution < 1.29 is 38.6 Å². The smallest absolute Gasteiger partial charge is 0.387 e. The summed E-state index contributed by atoms with van der Waals surface area (Å²) in [7, 11) is -4.82. The van der Waals surface area contributed by atoms with Crippen LogP contribution in [-0.4, -0.2) is 70.3 Å². The highest BCUT2D eigenvalue weighted by molar-refractivity contribution is 9.10. The fraction of sp³-hybridized carbons (Fsp3) is 0.571. The van der Waals surface area contributed by atoms with Crippen LogP contribution >= 0.6 is 23.8 Å². The lowest BCUT2D eigenvalue weighted by Gasteiger charge is -2.18. The van der Waals surface area contributed by atoms with E-state index < -0.39 is 44.5 Å². The number of hydrogen-bond acceptors (Lipinski definition) is 9. The van der Waals surface area contributed by atoms with Crippen molar-refractivity contribution in [3.05, 3.63) is 15.1 Å². The van der Waals surface area contributed by atoms with Gasteiger partial charge in [0.1, 0.15) is 18.3 Å². The van der Waals surface area contributed by atoms with Gasteiger partial charge in [0.05, 0.1) is 6.61 Å². The molecule has 2 aromatic heterocycles. The van der Waals surface area contributed by atoms with Crippen molar-refractivity contribution in [3.8, 4) is 0 Å². The molecule has 14 nitrogen and oxygen atoms in total. The second kappa shape index (κ2) is 8.80. The van der Waals surface area contributed by atoms with Crippen LogP contribution in [0.2, 0.25) is 0 Å². The molecule has 1 saturated heterocycles. The molecule has 166 valence electrons. The lowest BCUT2D eigenvalue weighted by molar-refractivity contribution is -0.116. The van der Waals surface area contributed by atoms with Crippen molar-refractivity contribution in [2.24, 2.45) is 0 Å². The minimum atomic E-state index is -4.82. The van der Waals surface area contributed by atoms with Crippen molar-refractivity contribution in [2.45, 2.75) is 44.3 Å². The largest absolute Gasteiger partial charge is 0.469 e. The lowest BCUT2D eigenvalue weighted by Crippen LogP contribution is -2.33. The molecular weight excluding hydrogens is 493 g/mol. The number of rotatable bonds is 7. The van der Waals surface area contributed by atoms with E-state index in [1.807, 2.05) is 6.92 Å². The molecule has 3 heterocycles. The third-order valence-corrected chi connectivity index (χ3v) is 5.29. The fourth-order valence-electron chi connectivity index (χ4n) is 2.91. The first-order chi connectivity index (χ1) is 14.0. The Morgan fingerprint density at radius 2 is 2.07 bits per heavy atom. The summed E-state index contributed by atoms with van der Waals surface area (Å²) >= 11 is 3.14. The first kappa shape index (κ1) is 23.0. The summed E-state index contributed by atoms with van der Waals surface area (Å²) in [6, 6.07) is 0. The maximum absolute atomic E-state index is 12.3. The molecule has 3 rings (SSSR count). The molecule has 0 bridgehead atoms. The molecule has 4 atom stereocenters. The number of ether oxygens (including phenoxy) is 1. The Balaban J connectivity index is 1.95. The summed E-state index contributed by atoms with van der Waals surface area (Å²) in [4.78, 5) is 52.3. The number of carbonyl (C=O) groups excluding carboxylic acids is 1. The zero-order valence-electron chi connectivity index (χ0n) is 15.4. The highest BCUT2D eigenvalue weighted by Gasteiger charge is 2.46. The number of halogens is 1. The summed E-state index contributed by atoms with van der Waals surface area (Å²) in [6.45, 7) is 1.11. The number of aromatic amines is 1. The third kappa shape index (κ3) is 4.78. The quantitative estimate of drug-likeness (QED) is 0.203. The van der Waals surface area contributed by atoms with Gasteiger partial charge in [-0.05, 0) is 22.4 Å². The molecule has 2 aromatic rings. The average molecular weight is 512 g/mol. The topological polar surface area (TPSA) is 209 Å². The highest BCUT2D eigenvalue weighted by Crippen LogP contribution is 2.39. The fourth-order valence-corrected chi connectivity index (χ4v) is 3.80. The molecule has 0 spiro atoms. The van der Waals surface area contributed by atoms with Crippen LogP contribution in [0.5, 0.6) is 0 Å². The van der Waals surface area contributed by atoms with Crippen molar-refractivity contribution >= 4 is 46.8 Å². The van der Waals surface area contributed by atoms with E-state index in [4.69, 9.17) is 14.5 Å². The molecule has 0 aliphatic carbocycles. The minimum Gasteiger partial charge on any atom is -0.387 e. The van der Waals surface area contributed by atoms with Gasteiger partial charge >= 0.3 is 7.82 Å². The summed E-state index contributed by atoms with van der Waals surface area (Å²) in [5.74, 6) is -0.513. The summed E-state index contributed by atoms with van der Waals surface area (Å²) < 4.78 is 21.9. The Labute approximate surface area is 176 Å². The minimum absolute atomic E-state index is 0.0281. The highest BCUT2D eigenvalue weighted by atomic mass is 79.9. The molecular formula is C14H19BrN5O9P.